The summed E-state index contributed by atoms with van der Waals surface area (Å²) in [4.78, 5) is 8.15. The fraction of sp³-hybridized carbons (Fsp3) is 0.636. The third-order valence-electron chi connectivity index (χ3n) is 2.75. The van der Waals surface area contributed by atoms with Gasteiger partial charge in [-0.15, -0.1) is 0 Å². The van der Waals surface area contributed by atoms with Crippen molar-refractivity contribution in [2.75, 3.05) is 30.8 Å². The van der Waals surface area contributed by atoms with Gasteiger partial charge in [0.15, 0.2) is 0 Å². The molecule has 0 saturated carbocycles. The summed E-state index contributed by atoms with van der Waals surface area (Å²) in [6, 6.07) is 1.90. The summed E-state index contributed by atoms with van der Waals surface area (Å²) < 4.78 is 5.32. The minimum absolute atomic E-state index is 0.326. The number of nitrogen functional groups attached to an aromatic ring is 1. The molecule has 1 atom stereocenters. The number of hydrogen-bond acceptors (Lipinski definition) is 5. The summed E-state index contributed by atoms with van der Waals surface area (Å²) in [7, 11) is 0. The maximum Gasteiger partial charge on any atom is 0.222 e. The second kappa shape index (κ2) is 5.12. The summed E-state index contributed by atoms with van der Waals surface area (Å²) in [5.74, 6) is 1.82. The van der Waals surface area contributed by atoms with Gasteiger partial charge in [-0.05, 0) is 25.7 Å². The SMILES string of the molecule is Cc1cc(NCCC2CCOC2)nc(N)n1. The number of nitrogens with zero attached hydrogens (tertiary/aromatic N) is 2. The molecule has 1 aliphatic heterocycles. The molecule has 88 valence electrons. The third-order valence-corrected chi connectivity index (χ3v) is 2.75. The number of aryl methyl sites for hydroxylation is 1. The van der Waals surface area contributed by atoms with Gasteiger partial charge in [0.25, 0.3) is 0 Å². The van der Waals surface area contributed by atoms with Crippen LogP contribution in [0.2, 0.25) is 0 Å². The van der Waals surface area contributed by atoms with E-state index in [9.17, 15) is 0 Å². The number of nitrogens with one attached hydrogen (secondary N) is 1. The van der Waals surface area contributed by atoms with Crippen LogP contribution in [0.25, 0.3) is 0 Å². The molecule has 16 heavy (non-hydrogen) atoms. The van der Waals surface area contributed by atoms with E-state index in [4.69, 9.17) is 10.5 Å². The van der Waals surface area contributed by atoms with Crippen molar-refractivity contribution in [1.82, 2.24) is 9.97 Å². The maximum atomic E-state index is 5.57. The van der Waals surface area contributed by atoms with Crippen LogP contribution in [0, 0.1) is 12.8 Å². The number of anilines is 2. The van der Waals surface area contributed by atoms with Crippen LogP contribution in [-0.2, 0) is 4.74 Å². The van der Waals surface area contributed by atoms with E-state index in [-0.39, 0.29) is 0 Å². The highest BCUT2D eigenvalue weighted by Gasteiger charge is 2.14. The Labute approximate surface area is 95.4 Å². The van der Waals surface area contributed by atoms with Crippen LogP contribution < -0.4 is 11.1 Å². The Morgan fingerprint density at radius 2 is 2.44 bits per heavy atom. The zero-order chi connectivity index (χ0) is 11.4. The monoisotopic (exact) mass is 222 g/mol. The second-order valence-electron chi connectivity index (χ2n) is 4.20. The normalized spacial score (nSPS) is 19.9. The Balaban J connectivity index is 1.80. The van der Waals surface area contributed by atoms with Crippen LogP contribution >= 0.6 is 0 Å². The molecule has 1 aliphatic rings. The summed E-state index contributed by atoms with van der Waals surface area (Å²) in [5, 5.41) is 3.27. The number of rotatable bonds is 4. The van der Waals surface area contributed by atoms with Gasteiger partial charge in [-0.3, -0.25) is 0 Å². The number of nitrogens with two attached hydrogens (primary N) is 1. The Bertz CT molecular complexity index is 330. The average molecular weight is 222 g/mol. The molecule has 0 amide bonds. The van der Waals surface area contributed by atoms with Gasteiger partial charge < -0.3 is 15.8 Å². The molecule has 1 unspecified atom stereocenters. The lowest BCUT2D eigenvalue weighted by molar-refractivity contribution is 0.185. The second-order valence-corrected chi connectivity index (χ2v) is 4.20. The topological polar surface area (TPSA) is 73.1 Å². The van der Waals surface area contributed by atoms with Crippen LogP contribution in [0.4, 0.5) is 11.8 Å². The van der Waals surface area contributed by atoms with Gasteiger partial charge in [-0.25, -0.2) is 4.98 Å². The van der Waals surface area contributed by atoms with Gasteiger partial charge in [0.1, 0.15) is 5.82 Å². The molecule has 0 radical (unpaired) electrons. The molecule has 1 saturated heterocycles. The lowest BCUT2D eigenvalue weighted by atomic mass is 10.1. The Hall–Kier alpha value is -1.36. The lowest BCUT2D eigenvalue weighted by Gasteiger charge is -2.09. The molecule has 0 bridgehead atoms. The summed E-state index contributed by atoms with van der Waals surface area (Å²) in [5.41, 5.74) is 6.46. The molecule has 3 N–H and O–H groups in total. The molecule has 2 heterocycles. The van der Waals surface area contributed by atoms with Gasteiger partial charge >= 0.3 is 0 Å². The fourth-order valence-electron chi connectivity index (χ4n) is 1.90. The molecule has 2 rings (SSSR count). The lowest BCUT2D eigenvalue weighted by Crippen LogP contribution is -2.11. The molecule has 0 spiro atoms. The first-order valence-corrected chi connectivity index (χ1v) is 5.67. The predicted octanol–water partition coefficient (Wildman–Crippen LogP) is 1.21. The first-order valence-electron chi connectivity index (χ1n) is 5.67. The minimum atomic E-state index is 0.326. The van der Waals surface area contributed by atoms with Crippen LogP contribution in [-0.4, -0.2) is 29.7 Å². The maximum absolute atomic E-state index is 5.57. The largest absolute Gasteiger partial charge is 0.381 e. The fourth-order valence-corrected chi connectivity index (χ4v) is 1.90. The average Bonchev–Trinajstić information content (AvgIpc) is 2.69. The van der Waals surface area contributed by atoms with E-state index in [1.165, 1.54) is 6.42 Å². The zero-order valence-electron chi connectivity index (χ0n) is 9.57. The summed E-state index contributed by atoms with van der Waals surface area (Å²) in [6.45, 7) is 4.62. The quantitative estimate of drug-likeness (QED) is 0.801. The summed E-state index contributed by atoms with van der Waals surface area (Å²) >= 11 is 0. The van der Waals surface area contributed by atoms with Crippen molar-refractivity contribution in [1.29, 1.82) is 0 Å². The molecule has 5 heteroatoms. The zero-order valence-corrected chi connectivity index (χ0v) is 9.57. The van der Waals surface area contributed by atoms with E-state index in [0.717, 1.165) is 37.7 Å². The van der Waals surface area contributed by atoms with Crippen molar-refractivity contribution < 1.29 is 4.74 Å². The molecule has 1 fully saturated rings. The van der Waals surface area contributed by atoms with Crippen LogP contribution in [0.15, 0.2) is 6.07 Å². The molecule has 5 nitrogen and oxygen atoms in total. The molecule has 0 aliphatic carbocycles. The van der Waals surface area contributed by atoms with Crippen LogP contribution in [0.1, 0.15) is 18.5 Å². The highest BCUT2D eigenvalue weighted by Crippen LogP contribution is 2.16. The highest BCUT2D eigenvalue weighted by molar-refractivity contribution is 5.39. The van der Waals surface area contributed by atoms with E-state index in [2.05, 4.69) is 15.3 Å². The third kappa shape index (κ3) is 3.06. The first-order chi connectivity index (χ1) is 7.74. The predicted molar refractivity (Wildman–Crippen MR) is 63.2 cm³/mol. The van der Waals surface area contributed by atoms with Gasteiger partial charge in [-0.1, -0.05) is 0 Å². The van der Waals surface area contributed by atoms with Crippen molar-refractivity contribution in [2.45, 2.75) is 19.8 Å². The van der Waals surface area contributed by atoms with Crippen LogP contribution in [0.5, 0.6) is 0 Å². The molecular weight excluding hydrogens is 204 g/mol. The minimum Gasteiger partial charge on any atom is -0.381 e. The highest BCUT2D eigenvalue weighted by atomic mass is 16.5. The van der Waals surface area contributed by atoms with Crippen LogP contribution in [0.3, 0.4) is 0 Å². The number of hydrogen-bond donors (Lipinski definition) is 2. The Kier molecular flexibility index (Phi) is 3.56. The van der Waals surface area contributed by atoms with Crippen molar-refractivity contribution in [2.24, 2.45) is 5.92 Å². The van der Waals surface area contributed by atoms with E-state index in [1.807, 2.05) is 13.0 Å². The standard InChI is InChI=1S/C11H18N4O/c1-8-6-10(15-11(12)14-8)13-4-2-9-3-5-16-7-9/h6,9H,2-5,7H2,1H3,(H3,12,13,14,15). The molecule has 1 aromatic rings. The number of aromatic nitrogens is 2. The Morgan fingerprint density at radius 3 is 3.12 bits per heavy atom. The van der Waals surface area contributed by atoms with Gasteiger partial charge in [0.2, 0.25) is 5.95 Å². The van der Waals surface area contributed by atoms with Crippen molar-refractivity contribution in [3.05, 3.63) is 11.8 Å². The van der Waals surface area contributed by atoms with Crippen molar-refractivity contribution in [3.63, 3.8) is 0 Å². The van der Waals surface area contributed by atoms with Crippen molar-refractivity contribution >= 4 is 11.8 Å². The van der Waals surface area contributed by atoms with E-state index in [1.54, 1.807) is 0 Å². The van der Waals surface area contributed by atoms with Crippen molar-refractivity contribution in [3.8, 4) is 0 Å². The Morgan fingerprint density at radius 1 is 1.56 bits per heavy atom. The smallest absolute Gasteiger partial charge is 0.222 e. The van der Waals surface area contributed by atoms with Gasteiger partial charge in [0, 0.05) is 31.5 Å². The van der Waals surface area contributed by atoms with E-state index < -0.39 is 0 Å². The van der Waals surface area contributed by atoms with Gasteiger partial charge in [0.05, 0.1) is 0 Å². The number of ether oxygens (including phenoxy) is 1. The molecule has 0 aromatic carbocycles. The molecular formula is C11H18N4O. The van der Waals surface area contributed by atoms with Gasteiger partial charge in [-0.2, -0.15) is 4.98 Å². The van der Waals surface area contributed by atoms with E-state index >= 15 is 0 Å². The molecule has 1 aromatic heterocycles. The van der Waals surface area contributed by atoms with E-state index in [0.29, 0.717) is 11.9 Å². The first kappa shape index (κ1) is 11.1. The summed E-state index contributed by atoms with van der Waals surface area (Å²) in [6.07, 6.45) is 2.29.